The molecule has 0 atom stereocenters. The zero-order valence-corrected chi connectivity index (χ0v) is 14.5. The number of hydrogen-bond acceptors (Lipinski definition) is 5. The molecular formula is C20H17N3O4. The zero-order valence-electron chi connectivity index (χ0n) is 14.5. The summed E-state index contributed by atoms with van der Waals surface area (Å²) in [6, 6.07) is 17.5. The molecule has 3 rings (SSSR count). The van der Waals surface area contributed by atoms with E-state index in [-0.39, 0.29) is 5.75 Å². The van der Waals surface area contributed by atoms with E-state index >= 15 is 0 Å². The number of nitrogens with one attached hydrogen (secondary N) is 2. The van der Waals surface area contributed by atoms with Gasteiger partial charge in [-0.05, 0) is 29.7 Å². The number of anilines is 1. The van der Waals surface area contributed by atoms with Gasteiger partial charge in [0.05, 0.1) is 13.3 Å². The predicted molar refractivity (Wildman–Crippen MR) is 103 cm³/mol. The van der Waals surface area contributed by atoms with E-state index in [0.29, 0.717) is 17.0 Å². The number of ether oxygens (including phenoxy) is 1. The summed E-state index contributed by atoms with van der Waals surface area (Å²) in [5.74, 6) is -1.29. The van der Waals surface area contributed by atoms with Gasteiger partial charge in [0.15, 0.2) is 0 Å². The van der Waals surface area contributed by atoms with Gasteiger partial charge in [0, 0.05) is 16.6 Å². The van der Waals surface area contributed by atoms with Gasteiger partial charge in [0.2, 0.25) is 0 Å². The van der Waals surface area contributed by atoms with Gasteiger partial charge in [0.1, 0.15) is 11.5 Å². The van der Waals surface area contributed by atoms with Crippen molar-refractivity contribution in [3.63, 3.8) is 0 Å². The summed E-state index contributed by atoms with van der Waals surface area (Å²) in [6.07, 6.45) is 1.22. The highest BCUT2D eigenvalue weighted by atomic mass is 16.5. The molecular weight excluding hydrogens is 346 g/mol. The average molecular weight is 363 g/mol. The predicted octanol–water partition coefficient (Wildman–Crippen LogP) is 2.64. The first-order chi connectivity index (χ1) is 13.1. The number of fused-ring (bicyclic) bond motifs is 1. The molecule has 7 heteroatoms. The fourth-order valence-corrected chi connectivity index (χ4v) is 2.49. The first-order valence-corrected chi connectivity index (χ1v) is 8.07. The van der Waals surface area contributed by atoms with Crippen LogP contribution in [0, 0.1) is 0 Å². The molecule has 0 unspecified atom stereocenters. The van der Waals surface area contributed by atoms with Gasteiger partial charge in [-0.25, -0.2) is 5.43 Å². The summed E-state index contributed by atoms with van der Waals surface area (Å²) in [5, 5.41) is 17.8. The summed E-state index contributed by atoms with van der Waals surface area (Å²) in [7, 11) is 1.49. The number of carbonyl (C=O) groups excluding carboxylic acids is 2. The molecule has 0 spiro atoms. The molecule has 136 valence electrons. The maximum Gasteiger partial charge on any atom is 0.329 e. The Morgan fingerprint density at radius 3 is 2.63 bits per heavy atom. The van der Waals surface area contributed by atoms with Crippen LogP contribution in [-0.4, -0.2) is 30.2 Å². The van der Waals surface area contributed by atoms with Crippen LogP contribution in [-0.2, 0) is 9.59 Å². The van der Waals surface area contributed by atoms with E-state index in [0.717, 1.165) is 10.8 Å². The molecule has 0 heterocycles. The van der Waals surface area contributed by atoms with Crippen molar-refractivity contribution in [2.75, 3.05) is 12.4 Å². The number of benzene rings is 3. The third kappa shape index (κ3) is 4.21. The third-order valence-electron chi connectivity index (χ3n) is 3.85. The molecule has 0 aliphatic rings. The number of phenolic OH excluding ortho intramolecular Hbond substituents is 1. The van der Waals surface area contributed by atoms with E-state index in [9.17, 15) is 14.7 Å². The van der Waals surface area contributed by atoms with Crippen molar-refractivity contribution in [2.24, 2.45) is 5.10 Å². The van der Waals surface area contributed by atoms with Crippen LogP contribution >= 0.6 is 0 Å². The topological polar surface area (TPSA) is 100 Å². The number of phenols is 1. The van der Waals surface area contributed by atoms with Crippen LogP contribution in [0.25, 0.3) is 10.8 Å². The monoisotopic (exact) mass is 363 g/mol. The Morgan fingerprint density at radius 1 is 1.04 bits per heavy atom. The normalized spacial score (nSPS) is 10.7. The minimum Gasteiger partial charge on any atom is -0.507 e. The lowest BCUT2D eigenvalue weighted by molar-refractivity contribution is -0.136. The Morgan fingerprint density at radius 2 is 1.81 bits per heavy atom. The molecule has 7 nitrogen and oxygen atoms in total. The van der Waals surface area contributed by atoms with E-state index in [1.54, 1.807) is 24.3 Å². The number of carbonyl (C=O) groups is 2. The second-order valence-electron chi connectivity index (χ2n) is 5.60. The van der Waals surface area contributed by atoms with Crippen molar-refractivity contribution in [3.05, 3.63) is 66.2 Å². The highest BCUT2D eigenvalue weighted by molar-refractivity contribution is 6.40. The molecule has 0 aliphatic carbocycles. The fourth-order valence-electron chi connectivity index (χ4n) is 2.49. The number of hydrogen-bond donors (Lipinski definition) is 3. The Hall–Kier alpha value is -3.87. The van der Waals surface area contributed by atoms with Gasteiger partial charge < -0.3 is 15.2 Å². The Kier molecular flexibility index (Phi) is 5.32. The van der Waals surface area contributed by atoms with E-state index in [1.165, 1.54) is 19.4 Å². The Balaban J connectivity index is 1.67. The van der Waals surface area contributed by atoms with E-state index < -0.39 is 11.8 Å². The minimum absolute atomic E-state index is 0.0333. The minimum atomic E-state index is -0.929. The SMILES string of the molecule is COc1ccc(O)c(/C=N\NC(=O)C(=O)Nc2cccc3ccccc23)c1. The number of rotatable bonds is 4. The van der Waals surface area contributed by atoms with E-state index in [2.05, 4.69) is 15.8 Å². The average Bonchev–Trinajstić information content (AvgIpc) is 2.69. The third-order valence-corrected chi connectivity index (χ3v) is 3.85. The molecule has 3 N–H and O–H groups in total. The molecule has 0 saturated carbocycles. The smallest absolute Gasteiger partial charge is 0.329 e. The second-order valence-corrected chi connectivity index (χ2v) is 5.60. The van der Waals surface area contributed by atoms with Crippen molar-refractivity contribution in [2.45, 2.75) is 0 Å². The lowest BCUT2D eigenvalue weighted by Crippen LogP contribution is -2.32. The van der Waals surface area contributed by atoms with Gasteiger partial charge in [-0.1, -0.05) is 36.4 Å². The standard InChI is InChI=1S/C20H17N3O4/c1-27-15-9-10-18(24)14(11-15)12-21-23-20(26)19(25)22-17-8-4-6-13-5-2-3-7-16(13)17/h2-12,24H,1H3,(H,22,25)(H,23,26)/b21-12-. The molecule has 2 amide bonds. The van der Waals surface area contributed by atoms with Crippen molar-refractivity contribution in [1.29, 1.82) is 0 Å². The van der Waals surface area contributed by atoms with Crippen molar-refractivity contribution >= 4 is 34.5 Å². The Bertz CT molecular complexity index is 1030. The van der Waals surface area contributed by atoms with Gasteiger partial charge >= 0.3 is 11.8 Å². The van der Waals surface area contributed by atoms with Gasteiger partial charge in [-0.2, -0.15) is 5.10 Å². The first kappa shape index (κ1) is 17.9. The first-order valence-electron chi connectivity index (χ1n) is 8.07. The van der Waals surface area contributed by atoms with Crippen LogP contribution in [0.15, 0.2) is 65.8 Å². The lowest BCUT2D eigenvalue weighted by atomic mass is 10.1. The van der Waals surface area contributed by atoms with Crippen molar-refractivity contribution in [1.82, 2.24) is 5.43 Å². The van der Waals surface area contributed by atoms with Crippen LogP contribution in [0.1, 0.15) is 5.56 Å². The van der Waals surface area contributed by atoms with E-state index in [4.69, 9.17) is 4.74 Å². The molecule has 0 fully saturated rings. The number of amides is 2. The van der Waals surface area contributed by atoms with Crippen LogP contribution in [0.2, 0.25) is 0 Å². The molecule has 0 aromatic heterocycles. The molecule has 3 aromatic carbocycles. The lowest BCUT2D eigenvalue weighted by Gasteiger charge is -2.07. The van der Waals surface area contributed by atoms with Crippen LogP contribution < -0.4 is 15.5 Å². The number of aromatic hydroxyl groups is 1. The number of hydrazone groups is 1. The van der Waals surface area contributed by atoms with E-state index in [1.807, 2.05) is 30.3 Å². The molecule has 0 saturated heterocycles. The molecule has 0 bridgehead atoms. The van der Waals surface area contributed by atoms with Crippen molar-refractivity contribution in [3.8, 4) is 11.5 Å². The van der Waals surface area contributed by atoms with Crippen LogP contribution in [0.3, 0.4) is 0 Å². The number of methoxy groups -OCH3 is 1. The fraction of sp³-hybridized carbons (Fsp3) is 0.0500. The van der Waals surface area contributed by atoms with Gasteiger partial charge in [-0.3, -0.25) is 9.59 Å². The number of nitrogens with zero attached hydrogens (tertiary/aromatic N) is 1. The molecule has 0 aliphatic heterocycles. The maximum absolute atomic E-state index is 12.1. The molecule has 3 aromatic rings. The highest BCUT2D eigenvalue weighted by Crippen LogP contribution is 2.23. The van der Waals surface area contributed by atoms with Crippen LogP contribution in [0.4, 0.5) is 5.69 Å². The second kappa shape index (κ2) is 8.01. The quantitative estimate of drug-likeness (QED) is 0.377. The summed E-state index contributed by atoms with van der Waals surface area (Å²) in [6.45, 7) is 0. The van der Waals surface area contributed by atoms with Gasteiger partial charge in [-0.15, -0.1) is 0 Å². The summed E-state index contributed by atoms with van der Waals surface area (Å²) in [4.78, 5) is 24.1. The maximum atomic E-state index is 12.1. The van der Waals surface area contributed by atoms with Crippen molar-refractivity contribution < 1.29 is 19.4 Å². The Labute approximate surface area is 155 Å². The summed E-state index contributed by atoms with van der Waals surface area (Å²) in [5.41, 5.74) is 3.00. The largest absolute Gasteiger partial charge is 0.507 e. The summed E-state index contributed by atoms with van der Waals surface area (Å²) >= 11 is 0. The highest BCUT2D eigenvalue weighted by Gasteiger charge is 2.14. The van der Waals surface area contributed by atoms with Crippen LogP contribution in [0.5, 0.6) is 11.5 Å². The summed E-state index contributed by atoms with van der Waals surface area (Å²) < 4.78 is 5.05. The molecule has 0 radical (unpaired) electrons. The molecule has 27 heavy (non-hydrogen) atoms. The van der Waals surface area contributed by atoms with Gasteiger partial charge in [0.25, 0.3) is 0 Å². The zero-order chi connectivity index (χ0) is 19.2.